The van der Waals surface area contributed by atoms with E-state index in [9.17, 15) is 0 Å². The van der Waals surface area contributed by atoms with Crippen LogP contribution in [0.5, 0.6) is 0 Å². The van der Waals surface area contributed by atoms with Gasteiger partial charge in [-0.05, 0) is 49.1 Å². The summed E-state index contributed by atoms with van der Waals surface area (Å²) in [7, 11) is 0. The van der Waals surface area contributed by atoms with Crippen LogP contribution in [0.2, 0.25) is 5.02 Å². The van der Waals surface area contributed by atoms with E-state index >= 15 is 0 Å². The van der Waals surface area contributed by atoms with Crippen molar-refractivity contribution in [3.05, 3.63) is 34.9 Å². The number of hydrogen-bond acceptors (Lipinski definition) is 1. The van der Waals surface area contributed by atoms with E-state index in [0.29, 0.717) is 17.5 Å². The summed E-state index contributed by atoms with van der Waals surface area (Å²) < 4.78 is 0. The lowest BCUT2D eigenvalue weighted by molar-refractivity contribution is 0.143. The van der Waals surface area contributed by atoms with E-state index in [4.69, 9.17) is 11.6 Å². The topological polar surface area (TPSA) is 12.0 Å². The van der Waals surface area contributed by atoms with Gasteiger partial charge in [0, 0.05) is 17.1 Å². The highest BCUT2D eigenvalue weighted by Crippen LogP contribution is 2.39. The first-order chi connectivity index (χ1) is 8.89. The molecular formula is C17H26ClN. The predicted molar refractivity (Wildman–Crippen MR) is 83.6 cm³/mol. The molecule has 1 N–H and O–H groups in total. The van der Waals surface area contributed by atoms with Gasteiger partial charge in [0.25, 0.3) is 0 Å². The van der Waals surface area contributed by atoms with Crippen LogP contribution < -0.4 is 5.32 Å². The number of rotatable bonds is 3. The molecule has 1 aliphatic carbocycles. The smallest absolute Gasteiger partial charge is 0.0453 e. The summed E-state index contributed by atoms with van der Waals surface area (Å²) >= 11 is 6.28. The largest absolute Gasteiger partial charge is 0.307 e. The van der Waals surface area contributed by atoms with Crippen molar-refractivity contribution in [2.75, 3.05) is 0 Å². The standard InChI is InChI=1S/C17H26ClN/c1-12-11-17(3,4)10-9-16(12)19-13(2)14-7-5-6-8-15(14)18/h5-8,12-13,16,19H,9-11H2,1-4H3/t12?,13-,16?/m0/s1. The second-order valence-electron chi connectivity index (χ2n) is 6.90. The molecule has 0 bridgehead atoms. The van der Waals surface area contributed by atoms with Gasteiger partial charge in [0.15, 0.2) is 0 Å². The predicted octanol–water partition coefficient (Wildman–Crippen LogP) is 5.21. The molecule has 1 aromatic rings. The third-order valence-corrected chi connectivity index (χ3v) is 4.87. The van der Waals surface area contributed by atoms with Gasteiger partial charge >= 0.3 is 0 Å². The fourth-order valence-corrected chi connectivity index (χ4v) is 3.73. The van der Waals surface area contributed by atoms with Crippen molar-refractivity contribution in [2.24, 2.45) is 11.3 Å². The molecule has 0 aromatic heterocycles. The minimum absolute atomic E-state index is 0.322. The Labute approximate surface area is 122 Å². The Kier molecular flexibility index (Phi) is 4.58. The SMILES string of the molecule is CC1CC(C)(C)CCC1N[C@@H](C)c1ccccc1Cl. The molecule has 0 saturated heterocycles. The first kappa shape index (κ1) is 14.9. The fourth-order valence-electron chi connectivity index (χ4n) is 3.43. The van der Waals surface area contributed by atoms with Crippen molar-refractivity contribution in [3.8, 4) is 0 Å². The average molecular weight is 280 g/mol. The van der Waals surface area contributed by atoms with Gasteiger partial charge in [-0.25, -0.2) is 0 Å². The molecule has 0 radical (unpaired) electrons. The summed E-state index contributed by atoms with van der Waals surface area (Å²) in [5.74, 6) is 0.730. The molecule has 0 amide bonds. The first-order valence-corrected chi connectivity index (χ1v) is 7.77. The Morgan fingerprint density at radius 1 is 1.32 bits per heavy atom. The van der Waals surface area contributed by atoms with Crippen molar-refractivity contribution in [3.63, 3.8) is 0 Å². The van der Waals surface area contributed by atoms with Gasteiger partial charge in [-0.15, -0.1) is 0 Å². The Hall–Kier alpha value is -0.530. The maximum Gasteiger partial charge on any atom is 0.0453 e. The Bertz CT molecular complexity index is 427. The average Bonchev–Trinajstić information content (AvgIpc) is 2.32. The maximum atomic E-state index is 6.28. The quantitative estimate of drug-likeness (QED) is 0.801. The van der Waals surface area contributed by atoms with Crippen molar-refractivity contribution in [1.29, 1.82) is 0 Å². The summed E-state index contributed by atoms with van der Waals surface area (Å²) in [4.78, 5) is 0. The second kappa shape index (κ2) is 5.85. The molecule has 1 aliphatic rings. The molecule has 19 heavy (non-hydrogen) atoms. The third-order valence-electron chi connectivity index (χ3n) is 4.53. The summed E-state index contributed by atoms with van der Waals surface area (Å²) in [6, 6.07) is 9.08. The van der Waals surface area contributed by atoms with Crippen molar-refractivity contribution in [1.82, 2.24) is 5.32 Å². The van der Waals surface area contributed by atoms with E-state index in [1.807, 2.05) is 12.1 Å². The maximum absolute atomic E-state index is 6.28. The van der Waals surface area contributed by atoms with Gasteiger partial charge in [-0.2, -0.15) is 0 Å². The molecule has 0 heterocycles. The number of hydrogen-bond donors (Lipinski definition) is 1. The molecule has 1 fully saturated rings. The van der Waals surface area contributed by atoms with Crippen molar-refractivity contribution in [2.45, 2.75) is 59.0 Å². The second-order valence-corrected chi connectivity index (χ2v) is 7.31. The summed E-state index contributed by atoms with van der Waals surface area (Å²) in [5, 5.41) is 4.65. The van der Waals surface area contributed by atoms with Gasteiger partial charge in [0.2, 0.25) is 0 Å². The van der Waals surface area contributed by atoms with E-state index in [-0.39, 0.29) is 0 Å². The normalized spacial score (nSPS) is 28.1. The van der Waals surface area contributed by atoms with Crippen LogP contribution >= 0.6 is 11.6 Å². The van der Waals surface area contributed by atoms with Crippen LogP contribution in [-0.4, -0.2) is 6.04 Å². The monoisotopic (exact) mass is 279 g/mol. The zero-order chi connectivity index (χ0) is 14.0. The lowest BCUT2D eigenvalue weighted by Crippen LogP contribution is -2.42. The molecular weight excluding hydrogens is 254 g/mol. The number of nitrogens with one attached hydrogen (secondary N) is 1. The molecule has 2 rings (SSSR count). The van der Waals surface area contributed by atoms with E-state index in [0.717, 1.165) is 10.9 Å². The highest BCUT2D eigenvalue weighted by atomic mass is 35.5. The van der Waals surface area contributed by atoms with Crippen LogP contribution in [0.3, 0.4) is 0 Å². The molecule has 2 unspecified atom stereocenters. The van der Waals surface area contributed by atoms with E-state index < -0.39 is 0 Å². The Balaban J connectivity index is 2.00. The molecule has 2 heteroatoms. The van der Waals surface area contributed by atoms with Gasteiger partial charge in [0.1, 0.15) is 0 Å². The summed E-state index contributed by atoms with van der Waals surface area (Å²) in [6.07, 6.45) is 3.88. The molecule has 0 aliphatic heterocycles. The summed E-state index contributed by atoms with van der Waals surface area (Å²) in [6.45, 7) is 9.36. The van der Waals surface area contributed by atoms with Crippen LogP contribution in [0.15, 0.2) is 24.3 Å². The van der Waals surface area contributed by atoms with Crippen LogP contribution in [-0.2, 0) is 0 Å². The number of halogens is 1. The molecule has 1 aromatic carbocycles. The molecule has 1 nitrogen and oxygen atoms in total. The van der Waals surface area contributed by atoms with Crippen LogP contribution in [0.1, 0.15) is 58.6 Å². The zero-order valence-corrected chi connectivity index (χ0v) is 13.3. The van der Waals surface area contributed by atoms with Gasteiger partial charge in [-0.3, -0.25) is 0 Å². The fraction of sp³-hybridized carbons (Fsp3) is 0.647. The Morgan fingerprint density at radius 3 is 2.63 bits per heavy atom. The molecule has 106 valence electrons. The summed E-state index contributed by atoms with van der Waals surface area (Å²) in [5.41, 5.74) is 1.71. The van der Waals surface area contributed by atoms with E-state index in [1.165, 1.54) is 24.8 Å². The van der Waals surface area contributed by atoms with Crippen LogP contribution in [0.4, 0.5) is 0 Å². The van der Waals surface area contributed by atoms with Crippen LogP contribution in [0, 0.1) is 11.3 Å². The molecule has 1 saturated carbocycles. The lowest BCUT2D eigenvalue weighted by atomic mass is 9.70. The third kappa shape index (κ3) is 3.73. The lowest BCUT2D eigenvalue weighted by Gasteiger charge is -2.41. The highest BCUT2D eigenvalue weighted by Gasteiger charge is 2.32. The zero-order valence-electron chi connectivity index (χ0n) is 12.5. The van der Waals surface area contributed by atoms with Gasteiger partial charge in [0.05, 0.1) is 0 Å². The van der Waals surface area contributed by atoms with Gasteiger partial charge < -0.3 is 5.32 Å². The van der Waals surface area contributed by atoms with Crippen LogP contribution in [0.25, 0.3) is 0 Å². The van der Waals surface area contributed by atoms with Gasteiger partial charge in [-0.1, -0.05) is 50.6 Å². The van der Waals surface area contributed by atoms with Crippen molar-refractivity contribution < 1.29 is 0 Å². The van der Waals surface area contributed by atoms with Crippen molar-refractivity contribution >= 4 is 11.6 Å². The number of benzene rings is 1. The van der Waals surface area contributed by atoms with E-state index in [1.54, 1.807) is 0 Å². The van der Waals surface area contributed by atoms with E-state index in [2.05, 4.69) is 45.1 Å². The Morgan fingerprint density at radius 2 is 2.00 bits per heavy atom. The minimum atomic E-state index is 0.322. The minimum Gasteiger partial charge on any atom is -0.307 e. The molecule has 0 spiro atoms. The molecule has 3 atom stereocenters. The highest BCUT2D eigenvalue weighted by molar-refractivity contribution is 6.31. The first-order valence-electron chi connectivity index (χ1n) is 7.39.